The van der Waals surface area contributed by atoms with Gasteiger partial charge in [-0.1, -0.05) is 12.1 Å². The summed E-state index contributed by atoms with van der Waals surface area (Å²) in [5.74, 6) is 0.764. The van der Waals surface area contributed by atoms with Gasteiger partial charge in [-0.2, -0.15) is 0 Å². The Morgan fingerprint density at radius 1 is 1.04 bits per heavy atom. The average Bonchev–Trinajstić information content (AvgIpc) is 2.91. The average molecular weight is 337 g/mol. The molecule has 0 bridgehead atoms. The minimum atomic E-state index is -0.953. The molecule has 0 radical (unpaired) electrons. The molecule has 0 amide bonds. The monoisotopic (exact) mass is 337 g/mol. The molecule has 3 heterocycles. The molecule has 0 atom stereocenters. The SMILES string of the molecule is O=C(O)c1ccc(N2CCCN(c3nc4ccccc4[nH]3)CC2)nc1. The van der Waals surface area contributed by atoms with Gasteiger partial charge in [-0.25, -0.2) is 14.8 Å². The maximum absolute atomic E-state index is 10.9. The van der Waals surface area contributed by atoms with Crippen LogP contribution >= 0.6 is 0 Å². The second-order valence-electron chi connectivity index (χ2n) is 6.12. The lowest BCUT2D eigenvalue weighted by Gasteiger charge is -2.22. The molecule has 0 spiro atoms. The van der Waals surface area contributed by atoms with E-state index in [2.05, 4.69) is 24.8 Å². The van der Waals surface area contributed by atoms with Crippen LogP contribution in [0, 0.1) is 0 Å². The largest absolute Gasteiger partial charge is 0.478 e. The van der Waals surface area contributed by atoms with Gasteiger partial charge in [-0.15, -0.1) is 0 Å². The molecule has 2 aromatic heterocycles. The molecule has 25 heavy (non-hydrogen) atoms. The number of rotatable bonds is 3. The molecule has 128 valence electrons. The quantitative estimate of drug-likeness (QED) is 0.763. The Balaban J connectivity index is 1.48. The molecule has 1 aliphatic rings. The van der Waals surface area contributed by atoms with Gasteiger partial charge >= 0.3 is 5.97 Å². The first-order valence-corrected chi connectivity index (χ1v) is 8.35. The molecule has 0 aliphatic carbocycles. The molecule has 1 saturated heterocycles. The van der Waals surface area contributed by atoms with Crippen molar-refractivity contribution >= 4 is 28.8 Å². The van der Waals surface area contributed by atoms with Crippen molar-refractivity contribution in [1.82, 2.24) is 15.0 Å². The third-order valence-electron chi connectivity index (χ3n) is 4.49. The fourth-order valence-electron chi connectivity index (χ4n) is 3.15. The highest BCUT2D eigenvalue weighted by Gasteiger charge is 2.18. The normalized spacial score (nSPS) is 15.4. The predicted octanol–water partition coefficient (Wildman–Crippen LogP) is 2.37. The smallest absolute Gasteiger partial charge is 0.337 e. The number of carboxylic acids is 1. The van der Waals surface area contributed by atoms with Crippen LogP contribution in [0.15, 0.2) is 42.6 Å². The fraction of sp³-hybridized carbons (Fsp3) is 0.278. The van der Waals surface area contributed by atoms with Crippen LogP contribution in [0.5, 0.6) is 0 Å². The molecule has 7 heteroatoms. The van der Waals surface area contributed by atoms with Crippen LogP contribution in [0.1, 0.15) is 16.8 Å². The first-order valence-electron chi connectivity index (χ1n) is 8.35. The predicted molar refractivity (Wildman–Crippen MR) is 96.3 cm³/mol. The summed E-state index contributed by atoms with van der Waals surface area (Å²) in [5.41, 5.74) is 2.23. The van der Waals surface area contributed by atoms with E-state index < -0.39 is 5.97 Å². The van der Waals surface area contributed by atoms with Crippen molar-refractivity contribution in [1.29, 1.82) is 0 Å². The number of imidazole rings is 1. The first kappa shape index (κ1) is 15.4. The summed E-state index contributed by atoms with van der Waals surface area (Å²) >= 11 is 0. The Labute approximate surface area is 144 Å². The minimum Gasteiger partial charge on any atom is -0.478 e. The summed E-state index contributed by atoms with van der Waals surface area (Å²) < 4.78 is 0. The Morgan fingerprint density at radius 2 is 1.84 bits per heavy atom. The van der Waals surface area contributed by atoms with Crippen LogP contribution in [0.2, 0.25) is 0 Å². The summed E-state index contributed by atoms with van der Waals surface area (Å²) in [7, 11) is 0. The summed E-state index contributed by atoms with van der Waals surface area (Å²) in [4.78, 5) is 27.8. The maximum Gasteiger partial charge on any atom is 0.337 e. The number of fused-ring (bicyclic) bond motifs is 1. The number of hydrogen-bond acceptors (Lipinski definition) is 5. The first-order chi connectivity index (χ1) is 12.2. The van der Waals surface area contributed by atoms with E-state index in [0.29, 0.717) is 0 Å². The van der Waals surface area contributed by atoms with E-state index >= 15 is 0 Å². The van der Waals surface area contributed by atoms with Crippen molar-refractivity contribution in [2.45, 2.75) is 6.42 Å². The fourth-order valence-corrected chi connectivity index (χ4v) is 3.15. The van der Waals surface area contributed by atoms with Gasteiger partial charge in [0.1, 0.15) is 5.82 Å². The third-order valence-corrected chi connectivity index (χ3v) is 4.49. The second-order valence-corrected chi connectivity index (χ2v) is 6.12. The molecule has 1 fully saturated rings. The van der Waals surface area contributed by atoms with Crippen molar-refractivity contribution < 1.29 is 9.90 Å². The van der Waals surface area contributed by atoms with Crippen molar-refractivity contribution in [2.75, 3.05) is 36.0 Å². The third kappa shape index (κ3) is 3.13. The van der Waals surface area contributed by atoms with Crippen molar-refractivity contribution in [3.05, 3.63) is 48.2 Å². The summed E-state index contributed by atoms with van der Waals surface area (Å²) in [6, 6.07) is 11.4. The molecule has 4 rings (SSSR count). The number of nitrogens with zero attached hydrogens (tertiary/aromatic N) is 4. The highest BCUT2D eigenvalue weighted by atomic mass is 16.4. The molecule has 1 aliphatic heterocycles. The number of anilines is 2. The molecule has 2 N–H and O–H groups in total. The highest BCUT2D eigenvalue weighted by molar-refractivity contribution is 5.87. The summed E-state index contributed by atoms with van der Waals surface area (Å²) in [5, 5.41) is 8.98. The van der Waals surface area contributed by atoms with E-state index in [-0.39, 0.29) is 5.56 Å². The van der Waals surface area contributed by atoms with Gasteiger partial charge in [-0.05, 0) is 30.7 Å². The number of para-hydroxylation sites is 2. The number of carbonyl (C=O) groups is 1. The van der Waals surface area contributed by atoms with E-state index in [0.717, 1.165) is 55.4 Å². The molecule has 0 unspecified atom stereocenters. The Hall–Kier alpha value is -3.09. The lowest BCUT2D eigenvalue weighted by molar-refractivity contribution is 0.0696. The van der Waals surface area contributed by atoms with Gasteiger partial charge in [0.2, 0.25) is 5.95 Å². The van der Waals surface area contributed by atoms with Crippen LogP contribution in [-0.4, -0.2) is 52.2 Å². The van der Waals surface area contributed by atoms with Gasteiger partial charge in [-0.3, -0.25) is 0 Å². The number of pyridine rings is 1. The van der Waals surface area contributed by atoms with E-state index in [4.69, 9.17) is 5.11 Å². The van der Waals surface area contributed by atoms with Crippen LogP contribution in [-0.2, 0) is 0 Å². The van der Waals surface area contributed by atoms with Crippen molar-refractivity contribution in [3.63, 3.8) is 0 Å². The van der Waals surface area contributed by atoms with E-state index in [1.807, 2.05) is 24.3 Å². The number of benzene rings is 1. The van der Waals surface area contributed by atoms with Gasteiger partial charge in [0.25, 0.3) is 0 Å². The molecule has 7 nitrogen and oxygen atoms in total. The lowest BCUT2D eigenvalue weighted by atomic mass is 10.3. The number of nitrogens with one attached hydrogen (secondary N) is 1. The number of carboxylic acid groups (broad SMARTS) is 1. The van der Waals surface area contributed by atoms with Gasteiger partial charge < -0.3 is 19.9 Å². The Morgan fingerprint density at radius 3 is 2.60 bits per heavy atom. The zero-order chi connectivity index (χ0) is 17.2. The van der Waals surface area contributed by atoms with Crippen molar-refractivity contribution in [3.8, 4) is 0 Å². The molecular weight excluding hydrogens is 318 g/mol. The standard InChI is InChI=1S/C18H19N5O2/c24-17(25)13-6-7-16(19-12-13)22-8-3-9-23(11-10-22)18-20-14-4-1-2-5-15(14)21-18/h1-2,4-7,12H,3,8-11H2,(H,20,21)(H,24,25). The topological polar surface area (TPSA) is 85.4 Å². The number of aromatic carboxylic acids is 1. The summed E-state index contributed by atoms with van der Waals surface area (Å²) in [6.45, 7) is 3.46. The number of aromatic amines is 1. The zero-order valence-electron chi connectivity index (χ0n) is 13.7. The number of H-pyrrole nitrogens is 1. The van der Waals surface area contributed by atoms with Crippen LogP contribution in [0.4, 0.5) is 11.8 Å². The van der Waals surface area contributed by atoms with E-state index in [9.17, 15) is 4.79 Å². The van der Waals surface area contributed by atoms with Gasteiger partial charge in [0, 0.05) is 32.4 Å². The second kappa shape index (κ2) is 6.43. The van der Waals surface area contributed by atoms with E-state index in [1.54, 1.807) is 12.1 Å². The maximum atomic E-state index is 10.9. The van der Waals surface area contributed by atoms with E-state index in [1.165, 1.54) is 6.20 Å². The van der Waals surface area contributed by atoms with Crippen LogP contribution in [0.25, 0.3) is 11.0 Å². The van der Waals surface area contributed by atoms with Crippen LogP contribution < -0.4 is 9.80 Å². The van der Waals surface area contributed by atoms with Crippen LogP contribution in [0.3, 0.4) is 0 Å². The van der Waals surface area contributed by atoms with Gasteiger partial charge in [0.05, 0.1) is 16.6 Å². The summed E-state index contributed by atoms with van der Waals surface area (Å²) in [6.07, 6.45) is 2.40. The van der Waals surface area contributed by atoms with Gasteiger partial charge in [0.15, 0.2) is 0 Å². The Kier molecular flexibility index (Phi) is 3.97. The zero-order valence-corrected chi connectivity index (χ0v) is 13.7. The molecule has 0 saturated carbocycles. The number of hydrogen-bond donors (Lipinski definition) is 2. The minimum absolute atomic E-state index is 0.211. The molecule has 3 aromatic rings. The van der Waals surface area contributed by atoms with Crippen molar-refractivity contribution in [2.24, 2.45) is 0 Å². The molecule has 1 aromatic carbocycles. The Bertz CT molecular complexity index is 857. The molecular formula is C18H19N5O2. The number of aromatic nitrogens is 3. The lowest BCUT2D eigenvalue weighted by Crippen LogP contribution is -2.31. The highest BCUT2D eigenvalue weighted by Crippen LogP contribution is 2.20.